The van der Waals surface area contributed by atoms with Gasteiger partial charge < -0.3 is 10.4 Å². The summed E-state index contributed by atoms with van der Waals surface area (Å²) in [5.74, 6) is 6.08. The largest absolute Gasteiger partial charge is 0.384 e. The summed E-state index contributed by atoms with van der Waals surface area (Å²) in [4.78, 5) is 12.4. The highest BCUT2D eigenvalue weighted by Crippen LogP contribution is 2.25. The summed E-state index contributed by atoms with van der Waals surface area (Å²) in [5.41, 5.74) is 2.31. The third kappa shape index (κ3) is 3.61. The lowest BCUT2D eigenvalue weighted by Crippen LogP contribution is -2.33. The van der Waals surface area contributed by atoms with E-state index in [0.29, 0.717) is 17.0 Å². The van der Waals surface area contributed by atoms with E-state index >= 15 is 0 Å². The number of hydrogen-bond acceptors (Lipinski definition) is 2. The predicted molar refractivity (Wildman–Crippen MR) is 79.4 cm³/mol. The van der Waals surface area contributed by atoms with Crippen molar-refractivity contribution in [3.63, 3.8) is 0 Å². The second kappa shape index (κ2) is 6.58. The van der Waals surface area contributed by atoms with Crippen molar-refractivity contribution < 1.29 is 9.90 Å². The van der Waals surface area contributed by atoms with Gasteiger partial charge in [0.25, 0.3) is 5.91 Å². The fourth-order valence-electron chi connectivity index (χ4n) is 2.69. The number of hydrogen-bond donors (Lipinski definition) is 2. The van der Waals surface area contributed by atoms with E-state index in [0.717, 1.165) is 18.4 Å². The van der Waals surface area contributed by atoms with Crippen molar-refractivity contribution in [2.24, 2.45) is 5.92 Å². The summed E-state index contributed by atoms with van der Waals surface area (Å²) in [7, 11) is 0. The van der Waals surface area contributed by atoms with Crippen LogP contribution in [0.5, 0.6) is 0 Å². The highest BCUT2D eigenvalue weighted by molar-refractivity contribution is 5.97. The molecule has 2 rings (SSSR count). The number of aliphatic hydroxyl groups is 1. The molecule has 20 heavy (non-hydrogen) atoms. The third-order valence-corrected chi connectivity index (χ3v) is 3.75. The van der Waals surface area contributed by atoms with Gasteiger partial charge in [-0.05, 0) is 44.2 Å². The van der Waals surface area contributed by atoms with Crippen molar-refractivity contribution in [1.29, 1.82) is 0 Å². The van der Waals surface area contributed by atoms with Crippen LogP contribution >= 0.6 is 0 Å². The maximum atomic E-state index is 12.4. The summed E-state index contributed by atoms with van der Waals surface area (Å²) in [6, 6.07) is 5.89. The van der Waals surface area contributed by atoms with Crippen LogP contribution < -0.4 is 5.32 Å². The summed E-state index contributed by atoms with van der Waals surface area (Å²) in [6.45, 7) is 3.98. The van der Waals surface area contributed by atoms with E-state index < -0.39 is 0 Å². The standard InChI is InChI=1S/C17H21NO2/c1-12-6-8-15(10-12)18-17(20)16-11-13(2)5-7-14(16)4-3-9-19/h5,7,11-12,15,19H,6,8-10H2,1-2H3,(H,18,20). The van der Waals surface area contributed by atoms with Crippen molar-refractivity contribution >= 4 is 5.91 Å². The Kier molecular flexibility index (Phi) is 4.81. The van der Waals surface area contributed by atoms with Gasteiger partial charge in [0.05, 0.1) is 5.56 Å². The maximum absolute atomic E-state index is 12.4. The molecular weight excluding hydrogens is 250 g/mol. The van der Waals surface area contributed by atoms with Gasteiger partial charge in [-0.2, -0.15) is 0 Å². The van der Waals surface area contributed by atoms with Gasteiger partial charge in [-0.1, -0.05) is 30.4 Å². The molecule has 0 saturated heterocycles. The first-order valence-electron chi connectivity index (χ1n) is 7.11. The smallest absolute Gasteiger partial charge is 0.252 e. The molecule has 0 aliphatic heterocycles. The second-order valence-corrected chi connectivity index (χ2v) is 5.60. The third-order valence-electron chi connectivity index (χ3n) is 3.75. The molecule has 0 radical (unpaired) electrons. The zero-order chi connectivity index (χ0) is 14.5. The minimum absolute atomic E-state index is 0.0601. The monoisotopic (exact) mass is 271 g/mol. The Labute approximate surface area is 120 Å². The number of benzene rings is 1. The fraction of sp³-hybridized carbons (Fsp3) is 0.471. The van der Waals surface area contributed by atoms with E-state index in [-0.39, 0.29) is 18.6 Å². The van der Waals surface area contributed by atoms with Crippen LogP contribution in [0.15, 0.2) is 18.2 Å². The van der Waals surface area contributed by atoms with Crippen molar-refractivity contribution in [3.05, 3.63) is 34.9 Å². The van der Waals surface area contributed by atoms with E-state index in [9.17, 15) is 4.79 Å². The van der Waals surface area contributed by atoms with Crippen molar-refractivity contribution in [2.45, 2.75) is 39.2 Å². The van der Waals surface area contributed by atoms with Crippen LogP contribution in [0.3, 0.4) is 0 Å². The molecule has 3 heteroatoms. The van der Waals surface area contributed by atoms with E-state index in [2.05, 4.69) is 24.1 Å². The van der Waals surface area contributed by atoms with Gasteiger partial charge in [0, 0.05) is 11.6 Å². The van der Waals surface area contributed by atoms with E-state index in [4.69, 9.17) is 5.11 Å². The molecule has 0 spiro atoms. The zero-order valence-corrected chi connectivity index (χ0v) is 12.1. The molecule has 106 valence electrons. The molecule has 0 bridgehead atoms. The molecule has 1 aliphatic rings. The van der Waals surface area contributed by atoms with E-state index in [1.54, 1.807) is 0 Å². The van der Waals surface area contributed by atoms with Gasteiger partial charge in [0.15, 0.2) is 0 Å². The SMILES string of the molecule is Cc1ccc(C#CCO)c(C(=O)NC2CCC(C)C2)c1. The number of nitrogens with one attached hydrogen (secondary N) is 1. The van der Waals surface area contributed by atoms with Crippen LogP contribution in [0.2, 0.25) is 0 Å². The Balaban J connectivity index is 2.17. The summed E-state index contributed by atoms with van der Waals surface area (Å²) in [6.07, 6.45) is 3.28. The topological polar surface area (TPSA) is 49.3 Å². The minimum Gasteiger partial charge on any atom is -0.384 e. The second-order valence-electron chi connectivity index (χ2n) is 5.60. The Morgan fingerprint density at radius 3 is 2.90 bits per heavy atom. The molecule has 1 aliphatic carbocycles. The van der Waals surface area contributed by atoms with E-state index in [1.807, 2.05) is 25.1 Å². The lowest BCUT2D eigenvalue weighted by atomic mass is 10.0. The quantitative estimate of drug-likeness (QED) is 0.811. The van der Waals surface area contributed by atoms with Gasteiger partial charge in [-0.3, -0.25) is 4.79 Å². The van der Waals surface area contributed by atoms with Crippen LogP contribution in [0, 0.1) is 24.7 Å². The highest BCUT2D eigenvalue weighted by atomic mass is 16.2. The molecule has 1 saturated carbocycles. The molecule has 0 heterocycles. The summed E-state index contributed by atoms with van der Waals surface area (Å²) in [5, 5.41) is 11.9. The molecular formula is C17H21NO2. The van der Waals surface area contributed by atoms with Gasteiger partial charge >= 0.3 is 0 Å². The molecule has 1 aromatic rings. The molecule has 2 atom stereocenters. The number of amides is 1. The average Bonchev–Trinajstić information content (AvgIpc) is 2.82. The van der Waals surface area contributed by atoms with Gasteiger partial charge in [0.2, 0.25) is 0 Å². The summed E-state index contributed by atoms with van der Waals surface area (Å²) < 4.78 is 0. The van der Waals surface area contributed by atoms with Gasteiger partial charge in [-0.15, -0.1) is 0 Å². The van der Waals surface area contributed by atoms with Gasteiger partial charge in [-0.25, -0.2) is 0 Å². The fourth-order valence-corrected chi connectivity index (χ4v) is 2.69. The van der Waals surface area contributed by atoms with Crippen LogP contribution in [0.4, 0.5) is 0 Å². The van der Waals surface area contributed by atoms with E-state index in [1.165, 1.54) is 6.42 Å². The molecule has 2 unspecified atom stereocenters. The predicted octanol–water partition coefficient (Wildman–Crippen LogP) is 2.26. The van der Waals surface area contributed by atoms with Gasteiger partial charge in [0.1, 0.15) is 6.61 Å². The molecule has 2 N–H and O–H groups in total. The minimum atomic E-state index is -0.199. The lowest BCUT2D eigenvalue weighted by molar-refractivity contribution is 0.0937. The Morgan fingerprint density at radius 1 is 1.45 bits per heavy atom. The number of carbonyl (C=O) groups excluding carboxylic acids is 1. The van der Waals surface area contributed by atoms with Crippen LogP contribution in [-0.4, -0.2) is 23.7 Å². The normalized spacial score (nSPS) is 21.1. The van der Waals surface area contributed by atoms with Crippen molar-refractivity contribution in [3.8, 4) is 11.8 Å². The van der Waals surface area contributed by atoms with Crippen molar-refractivity contribution in [1.82, 2.24) is 5.32 Å². The summed E-state index contributed by atoms with van der Waals surface area (Å²) >= 11 is 0. The average molecular weight is 271 g/mol. The first-order chi connectivity index (χ1) is 9.60. The maximum Gasteiger partial charge on any atom is 0.252 e. The Morgan fingerprint density at radius 2 is 2.25 bits per heavy atom. The molecule has 1 aromatic carbocycles. The number of aryl methyl sites for hydroxylation is 1. The first-order valence-corrected chi connectivity index (χ1v) is 7.11. The van der Waals surface area contributed by atoms with Crippen LogP contribution in [0.25, 0.3) is 0 Å². The number of carbonyl (C=O) groups is 1. The highest BCUT2D eigenvalue weighted by Gasteiger charge is 2.23. The molecule has 1 amide bonds. The van der Waals surface area contributed by atoms with Crippen molar-refractivity contribution in [2.75, 3.05) is 6.61 Å². The molecule has 1 fully saturated rings. The number of rotatable bonds is 2. The molecule has 0 aromatic heterocycles. The first kappa shape index (κ1) is 14.6. The lowest BCUT2D eigenvalue weighted by Gasteiger charge is -2.14. The zero-order valence-electron chi connectivity index (χ0n) is 12.1. The Hall–Kier alpha value is -1.79. The number of aliphatic hydroxyl groups excluding tert-OH is 1. The Bertz CT molecular complexity index is 554. The molecule has 3 nitrogen and oxygen atoms in total. The van der Waals surface area contributed by atoms with Crippen LogP contribution in [0.1, 0.15) is 47.7 Å². The van der Waals surface area contributed by atoms with Crippen LogP contribution in [-0.2, 0) is 0 Å².